The molecule has 0 aliphatic carbocycles. The number of aromatic nitrogens is 3. The van der Waals surface area contributed by atoms with Gasteiger partial charge in [0.15, 0.2) is 11.0 Å². The van der Waals surface area contributed by atoms with Crippen LogP contribution in [0.15, 0.2) is 59.8 Å². The van der Waals surface area contributed by atoms with Crippen LogP contribution in [0.5, 0.6) is 5.75 Å². The Morgan fingerprint density at radius 1 is 0.969 bits per heavy atom. The third-order valence-corrected chi connectivity index (χ3v) is 6.77. The number of thioether (sulfide) groups is 1. The molecule has 1 saturated heterocycles. The molecule has 0 atom stereocenters. The van der Waals surface area contributed by atoms with Crippen LogP contribution in [0.1, 0.15) is 31.2 Å². The largest absolute Gasteiger partial charge is 0.497 e. The number of aryl methyl sites for hydroxylation is 1. The molecule has 4 rings (SSSR count). The van der Waals surface area contributed by atoms with Gasteiger partial charge in [-0.2, -0.15) is 0 Å². The standard InChI is InChI=1S/C25H30N4O2S/c1-31-22-13-11-21(12-14-22)24-26-27-25(29(24)18-15-20-9-5-4-6-10-20)32-19-23(30)28-16-7-2-3-8-17-28/h4-6,9-14H,2-3,7-8,15-19H2,1H3. The lowest BCUT2D eigenvalue weighted by Gasteiger charge is -2.20. The monoisotopic (exact) mass is 450 g/mol. The molecule has 1 fully saturated rings. The fourth-order valence-corrected chi connectivity index (χ4v) is 4.84. The molecule has 0 bridgehead atoms. The number of methoxy groups -OCH3 is 1. The normalized spacial score (nSPS) is 14.2. The molecule has 6 nitrogen and oxygen atoms in total. The van der Waals surface area contributed by atoms with Gasteiger partial charge >= 0.3 is 0 Å². The Bertz CT molecular complexity index is 997. The van der Waals surface area contributed by atoms with Crippen LogP contribution in [0.2, 0.25) is 0 Å². The lowest BCUT2D eigenvalue weighted by Crippen LogP contribution is -2.33. The third kappa shape index (κ3) is 5.71. The van der Waals surface area contributed by atoms with Gasteiger partial charge in [0.2, 0.25) is 5.91 Å². The fraction of sp³-hybridized carbons (Fsp3) is 0.400. The van der Waals surface area contributed by atoms with Gasteiger partial charge in [-0.25, -0.2) is 0 Å². The first-order valence-corrected chi connectivity index (χ1v) is 12.3. The molecule has 2 aromatic carbocycles. The maximum absolute atomic E-state index is 12.8. The van der Waals surface area contributed by atoms with Crippen LogP contribution >= 0.6 is 11.8 Å². The number of likely N-dealkylation sites (tertiary alicyclic amines) is 1. The van der Waals surface area contributed by atoms with E-state index in [0.29, 0.717) is 5.75 Å². The Morgan fingerprint density at radius 3 is 2.38 bits per heavy atom. The van der Waals surface area contributed by atoms with Crippen molar-refractivity contribution in [3.05, 3.63) is 60.2 Å². The molecule has 1 aliphatic rings. The van der Waals surface area contributed by atoms with Crippen LogP contribution in [-0.4, -0.2) is 51.5 Å². The first-order valence-electron chi connectivity index (χ1n) is 11.3. The van der Waals surface area contributed by atoms with Crippen molar-refractivity contribution >= 4 is 17.7 Å². The van der Waals surface area contributed by atoms with E-state index in [1.165, 1.54) is 30.2 Å². The Kier molecular flexibility index (Phi) is 7.82. The molecule has 2 heterocycles. The van der Waals surface area contributed by atoms with Gasteiger partial charge in [-0.15, -0.1) is 10.2 Å². The third-order valence-electron chi connectivity index (χ3n) is 5.82. The molecule has 3 aromatic rings. The molecule has 1 aromatic heterocycles. The average molecular weight is 451 g/mol. The van der Waals surface area contributed by atoms with Crippen molar-refractivity contribution in [3.8, 4) is 17.1 Å². The fourth-order valence-electron chi connectivity index (χ4n) is 3.97. The first-order chi connectivity index (χ1) is 15.7. The summed E-state index contributed by atoms with van der Waals surface area (Å²) in [6.45, 7) is 2.49. The van der Waals surface area contributed by atoms with Crippen molar-refractivity contribution in [1.29, 1.82) is 0 Å². The molecule has 1 amide bonds. The molecule has 32 heavy (non-hydrogen) atoms. The number of benzene rings is 2. The summed E-state index contributed by atoms with van der Waals surface area (Å²) >= 11 is 1.49. The average Bonchev–Trinajstić information content (AvgIpc) is 3.04. The van der Waals surface area contributed by atoms with E-state index in [1.807, 2.05) is 35.2 Å². The molecular formula is C25H30N4O2S. The second-order valence-electron chi connectivity index (χ2n) is 8.01. The molecule has 0 radical (unpaired) electrons. The smallest absolute Gasteiger partial charge is 0.233 e. The van der Waals surface area contributed by atoms with Crippen molar-refractivity contribution in [2.45, 2.75) is 43.8 Å². The van der Waals surface area contributed by atoms with Crippen LogP contribution in [-0.2, 0) is 17.8 Å². The van der Waals surface area contributed by atoms with Crippen LogP contribution in [0.4, 0.5) is 0 Å². The van der Waals surface area contributed by atoms with Crippen molar-refractivity contribution in [3.63, 3.8) is 0 Å². The predicted molar refractivity (Wildman–Crippen MR) is 128 cm³/mol. The van der Waals surface area contributed by atoms with Gasteiger partial charge in [-0.3, -0.25) is 4.79 Å². The van der Waals surface area contributed by atoms with Gasteiger partial charge in [0.1, 0.15) is 5.75 Å². The van der Waals surface area contributed by atoms with Gasteiger partial charge < -0.3 is 14.2 Å². The summed E-state index contributed by atoms with van der Waals surface area (Å²) in [5.74, 6) is 2.21. The highest BCUT2D eigenvalue weighted by Gasteiger charge is 2.19. The highest BCUT2D eigenvalue weighted by atomic mass is 32.2. The second kappa shape index (κ2) is 11.2. The zero-order chi connectivity index (χ0) is 22.2. The molecule has 7 heteroatoms. The highest BCUT2D eigenvalue weighted by molar-refractivity contribution is 7.99. The second-order valence-corrected chi connectivity index (χ2v) is 8.95. The topological polar surface area (TPSA) is 60.3 Å². The molecular weight excluding hydrogens is 420 g/mol. The van der Waals surface area contributed by atoms with Gasteiger partial charge in [0, 0.05) is 25.2 Å². The Balaban J connectivity index is 1.52. The minimum atomic E-state index is 0.195. The lowest BCUT2D eigenvalue weighted by atomic mass is 10.1. The van der Waals surface area contributed by atoms with E-state index < -0.39 is 0 Å². The summed E-state index contributed by atoms with van der Waals surface area (Å²) in [5, 5.41) is 9.73. The van der Waals surface area contributed by atoms with E-state index in [2.05, 4.69) is 39.0 Å². The minimum absolute atomic E-state index is 0.195. The van der Waals surface area contributed by atoms with E-state index in [4.69, 9.17) is 4.74 Å². The Hall–Kier alpha value is -2.80. The first kappa shape index (κ1) is 22.4. The number of amides is 1. The molecule has 1 aliphatic heterocycles. The predicted octanol–water partition coefficient (Wildman–Crippen LogP) is 4.69. The number of hydrogen-bond acceptors (Lipinski definition) is 5. The summed E-state index contributed by atoms with van der Waals surface area (Å²) in [6, 6.07) is 18.3. The van der Waals surface area contributed by atoms with Crippen LogP contribution < -0.4 is 4.74 Å². The van der Waals surface area contributed by atoms with Crippen LogP contribution in [0, 0.1) is 0 Å². The van der Waals surface area contributed by atoms with E-state index in [1.54, 1.807) is 7.11 Å². The van der Waals surface area contributed by atoms with E-state index >= 15 is 0 Å². The van der Waals surface area contributed by atoms with E-state index in [-0.39, 0.29) is 5.91 Å². The number of ether oxygens (including phenoxy) is 1. The lowest BCUT2D eigenvalue weighted by molar-refractivity contribution is -0.128. The van der Waals surface area contributed by atoms with Crippen molar-refractivity contribution in [2.24, 2.45) is 0 Å². The minimum Gasteiger partial charge on any atom is -0.497 e. The SMILES string of the molecule is COc1ccc(-c2nnc(SCC(=O)N3CCCCCC3)n2CCc2ccccc2)cc1. The number of hydrogen-bond donors (Lipinski definition) is 0. The van der Waals surface area contributed by atoms with Gasteiger partial charge in [-0.1, -0.05) is 54.9 Å². The van der Waals surface area contributed by atoms with Gasteiger partial charge in [0.25, 0.3) is 0 Å². The van der Waals surface area contributed by atoms with E-state index in [0.717, 1.165) is 61.2 Å². The van der Waals surface area contributed by atoms with Crippen LogP contribution in [0.3, 0.4) is 0 Å². The summed E-state index contributed by atoms with van der Waals surface area (Å²) in [6.07, 6.45) is 5.51. The van der Waals surface area contributed by atoms with Crippen molar-refractivity contribution in [2.75, 3.05) is 26.0 Å². The molecule has 0 saturated carbocycles. The Labute approximate surface area is 194 Å². The zero-order valence-corrected chi connectivity index (χ0v) is 19.4. The maximum atomic E-state index is 12.8. The molecule has 0 spiro atoms. The van der Waals surface area contributed by atoms with Crippen molar-refractivity contribution < 1.29 is 9.53 Å². The number of carbonyl (C=O) groups excluding carboxylic acids is 1. The van der Waals surface area contributed by atoms with Crippen molar-refractivity contribution in [1.82, 2.24) is 19.7 Å². The molecule has 0 unspecified atom stereocenters. The molecule has 168 valence electrons. The summed E-state index contributed by atoms with van der Waals surface area (Å²) in [4.78, 5) is 14.8. The number of rotatable bonds is 8. The zero-order valence-electron chi connectivity index (χ0n) is 18.6. The quantitative estimate of drug-likeness (QED) is 0.466. The number of nitrogens with zero attached hydrogens (tertiary/aromatic N) is 4. The maximum Gasteiger partial charge on any atom is 0.233 e. The Morgan fingerprint density at radius 2 is 1.69 bits per heavy atom. The van der Waals surface area contributed by atoms with Crippen LogP contribution in [0.25, 0.3) is 11.4 Å². The highest BCUT2D eigenvalue weighted by Crippen LogP contribution is 2.26. The van der Waals surface area contributed by atoms with Gasteiger partial charge in [-0.05, 0) is 49.1 Å². The summed E-state index contributed by atoms with van der Waals surface area (Å²) in [7, 11) is 1.66. The molecule has 0 N–H and O–H groups in total. The summed E-state index contributed by atoms with van der Waals surface area (Å²) in [5.41, 5.74) is 2.25. The summed E-state index contributed by atoms with van der Waals surface area (Å²) < 4.78 is 7.42. The number of carbonyl (C=O) groups is 1. The van der Waals surface area contributed by atoms with E-state index in [9.17, 15) is 4.79 Å². The van der Waals surface area contributed by atoms with Gasteiger partial charge in [0.05, 0.1) is 12.9 Å².